The van der Waals surface area contributed by atoms with Gasteiger partial charge in [-0.25, -0.2) is 4.39 Å². The summed E-state index contributed by atoms with van der Waals surface area (Å²) in [6, 6.07) is 9.79. The molecule has 1 aromatic carbocycles. The van der Waals surface area contributed by atoms with Gasteiger partial charge < -0.3 is 10.6 Å². The second-order valence-electron chi connectivity index (χ2n) is 8.65. The number of anilines is 1. The molecular formula is C24H24FN3O2. The summed E-state index contributed by atoms with van der Waals surface area (Å²) in [5, 5.41) is 6.11. The van der Waals surface area contributed by atoms with E-state index < -0.39 is 11.7 Å². The second kappa shape index (κ2) is 7.52. The van der Waals surface area contributed by atoms with E-state index in [0.29, 0.717) is 40.9 Å². The molecule has 30 heavy (non-hydrogen) atoms. The number of pyridine rings is 1. The molecule has 0 fully saturated rings. The molecule has 1 amide bonds. The lowest BCUT2D eigenvalue weighted by atomic mass is 9.68. The van der Waals surface area contributed by atoms with Gasteiger partial charge in [0.1, 0.15) is 5.82 Å². The van der Waals surface area contributed by atoms with Crippen LogP contribution in [0.25, 0.3) is 0 Å². The van der Waals surface area contributed by atoms with E-state index in [9.17, 15) is 14.0 Å². The van der Waals surface area contributed by atoms with Crippen molar-refractivity contribution in [3.05, 3.63) is 82.7 Å². The van der Waals surface area contributed by atoms with Crippen LogP contribution in [0.15, 0.2) is 71.3 Å². The molecule has 2 aromatic rings. The summed E-state index contributed by atoms with van der Waals surface area (Å²) >= 11 is 0. The number of dihydropyridines is 1. The highest BCUT2D eigenvalue weighted by atomic mass is 19.1. The van der Waals surface area contributed by atoms with E-state index in [1.54, 1.807) is 49.6 Å². The Kier molecular flexibility index (Phi) is 5.02. The molecule has 0 saturated heterocycles. The molecule has 1 aromatic heterocycles. The molecule has 1 atom stereocenters. The zero-order chi connectivity index (χ0) is 21.5. The molecule has 4 rings (SSSR count). The lowest BCUT2D eigenvalue weighted by Crippen LogP contribution is -2.39. The predicted octanol–water partition coefficient (Wildman–Crippen LogP) is 4.46. The molecule has 1 unspecified atom stereocenters. The number of amides is 1. The Balaban J connectivity index is 1.84. The molecule has 0 saturated carbocycles. The van der Waals surface area contributed by atoms with E-state index >= 15 is 0 Å². The van der Waals surface area contributed by atoms with Gasteiger partial charge in [0.25, 0.3) is 5.91 Å². The van der Waals surface area contributed by atoms with Crippen molar-refractivity contribution >= 4 is 17.4 Å². The average Bonchev–Trinajstić information content (AvgIpc) is 2.67. The zero-order valence-corrected chi connectivity index (χ0v) is 17.3. The van der Waals surface area contributed by atoms with Crippen LogP contribution in [0.1, 0.15) is 45.1 Å². The number of hydrogen-bond donors (Lipinski definition) is 2. The maximum Gasteiger partial charge on any atom is 0.254 e. The van der Waals surface area contributed by atoms with Crippen molar-refractivity contribution in [2.75, 3.05) is 5.32 Å². The van der Waals surface area contributed by atoms with Crippen LogP contribution in [-0.4, -0.2) is 16.7 Å². The Bertz CT molecular complexity index is 1090. The van der Waals surface area contributed by atoms with Crippen LogP contribution in [0, 0.1) is 11.2 Å². The molecule has 0 spiro atoms. The van der Waals surface area contributed by atoms with Crippen LogP contribution in [0.5, 0.6) is 0 Å². The third-order valence-corrected chi connectivity index (χ3v) is 5.62. The van der Waals surface area contributed by atoms with Crippen molar-refractivity contribution in [2.45, 2.75) is 39.5 Å². The molecule has 6 heteroatoms. The van der Waals surface area contributed by atoms with Gasteiger partial charge in [0.05, 0.1) is 11.9 Å². The minimum atomic E-state index is -0.761. The lowest BCUT2D eigenvalue weighted by Gasteiger charge is -2.39. The normalized spacial score (nSPS) is 20.5. The SMILES string of the molecule is CC1=C(C(=O)Nc2cccnc2)C(c2ccccc2F)C2=C(CC(C)(C)CC2=O)N1. The molecule has 1 aliphatic carbocycles. The van der Waals surface area contributed by atoms with Crippen molar-refractivity contribution in [3.63, 3.8) is 0 Å². The van der Waals surface area contributed by atoms with Gasteiger partial charge in [0, 0.05) is 46.6 Å². The van der Waals surface area contributed by atoms with Gasteiger partial charge in [0.2, 0.25) is 0 Å². The van der Waals surface area contributed by atoms with Gasteiger partial charge in [-0.1, -0.05) is 32.0 Å². The summed E-state index contributed by atoms with van der Waals surface area (Å²) in [6.07, 6.45) is 4.17. The first kappa shape index (κ1) is 20.0. The highest BCUT2D eigenvalue weighted by molar-refractivity contribution is 6.09. The largest absolute Gasteiger partial charge is 0.362 e. The third kappa shape index (κ3) is 3.65. The predicted molar refractivity (Wildman–Crippen MR) is 113 cm³/mol. The quantitative estimate of drug-likeness (QED) is 0.791. The van der Waals surface area contributed by atoms with E-state index in [4.69, 9.17) is 0 Å². The number of hydrogen-bond acceptors (Lipinski definition) is 4. The Labute approximate surface area is 175 Å². The van der Waals surface area contributed by atoms with Crippen LogP contribution in [-0.2, 0) is 9.59 Å². The lowest BCUT2D eigenvalue weighted by molar-refractivity contribution is -0.118. The monoisotopic (exact) mass is 405 g/mol. The van der Waals surface area contributed by atoms with Gasteiger partial charge in [-0.2, -0.15) is 0 Å². The minimum Gasteiger partial charge on any atom is -0.362 e. The van der Waals surface area contributed by atoms with Crippen molar-refractivity contribution in [1.82, 2.24) is 10.3 Å². The van der Waals surface area contributed by atoms with E-state index in [1.165, 1.54) is 6.07 Å². The van der Waals surface area contributed by atoms with Crippen LogP contribution < -0.4 is 10.6 Å². The number of allylic oxidation sites excluding steroid dienone is 3. The Morgan fingerprint density at radius 1 is 1.20 bits per heavy atom. The van der Waals surface area contributed by atoms with Crippen molar-refractivity contribution < 1.29 is 14.0 Å². The molecule has 2 heterocycles. The van der Waals surface area contributed by atoms with E-state index in [2.05, 4.69) is 15.6 Å². The average molecular weight is 405 g/mol. The van der Waals surface area contributed by atoms with Crippen LogP contribution in [0.3, 0.4) is 0 Å². The molecule has 2 aliphatic rings. The molecule has 1 aliphatic heterocycles. The van der Waals surface area contributed by atoms with Gasteiger partial charge >= 0.3 is 0 Å². The summed E-state index contributed by atoms with van der Waals surface area (Å²) in [4.78, 5) is 30.5. The summed E-state index contributed by atoms with van der Waals surface area (Å²) in [7, 11) is 0. The van der Waals surface area contributed by atoms with Gasteiger partial charge in [-0.3, -0.25) is 14.6 Å². The van der Waals surface area contributed by atoms with Crippen molar-refractivity contribution in [1.29, 1.82) is 0 Å². The topological polar surface area (TPSA) is 71.1 Å². The number of halogens is 1. The Morgan fingerprint density at radius 3 is 2.67 bits per heavy atom. The van der Waals surface area contributed by atoms with Crippen molar-refractivity contribution in [3.8, 4) is 0 Å². The Hall–Kier alpha value is -3.28. The number of rotatable bonds is 3. The maximum atomic E-state index is 14.9. The fourth-order valence-corrected chi connectivity index (χ4v) is 4.39. The molecule has 0 bridgehead atoms. The van der Waals surface area contributed by atoms with Crippen LogP contribution in [0.2, 0.25) is 0 Å². The summed E-state index contributed by atoms with van der Waals surface area (Å²) in [6.45, 7) is 5.87. The number of benzene rings is 1. The number of aromatic nitrogens is 1. The Morgan fingerprint density at radius 2 is 1.97 bits per heavy atom. The molecule has 154 valence electrons. The van der Waals surface area contributed by atoms with Gasteiger partial charge in [0.15, 0.2) is 5.78 Å². The summed E-state index contributed by atoms with van der Waals surface area (Å²) in [5.41, 5.74) is 2.89. The third-order valence-electron chi connectivity index (χ3n) is 5.62. The van der Waals surface area contributed by atoms with Crippen LogP contribution >= 0.6 is 0 Å². The highest BCUT2D eigenvalue weighted by Crippen LogP contribution is 2.47. The number of ketones is 1. The molecular weight excluding hydrogens is 381 g/mol. The number of nitrogens with zero attached hydrogens (tertiary/aromatic N) is 1. The fraction of sp³-hybridized carbons (Fsp3) is 0.292. The van der Waals surface area contributed by atoms with E-state index in [-0.39, 0.29) is 17.1 Å². The second-order valence-corrected chi connectivity index (χ2v) is 8.65. The maximum absolute atomic E-state index is 14.9. The highest BCUT2D eigenvalue weighted by Gasteiger charge is 2.43. The van der Waals surface area contributed by atoms with Crippen molar-refractivity contribution in [2.24, 2.45) is 5.41 Å². The van der Waals surface area contributed by atoms with E-state index in [0.717, 1.165) is 5.70 Å². The first-order valence-corrected chi connectivity index (χ1v) is 9.97. The summed E-state index contributed by atoms with van der Waals surface area (Å²) < 4.78 is 14.9. The van der Waals surface area contributed by atoms with Crippen LogP contribution in [0.4, 0.5) is 10.1 Å². The smallest absolute Gasteiger partial charge is 0.254 e. The standard InChI is InChI=1S/C24H24FN3O2/c1-14-20(23(30)28-15-7-6-10-26-13-15)21(16-8-4-5-9-17(16)25)22-18(27-14)11-24(2,3)12-19(22)29/h4-10,13,21,27H,11-12H2,1-3H3,(H,28,30). The summed E-state index contributed by atoms with van der Waals surface area (Å²) in [5.74, 6) is -1.64. The minimum absolute atomic E-state index is 0.0545. The first-order valence-electron chi connectivity index (χ1n) is 9.97. The van der Waals surface area contributed by atoms with E-state index in [1.807, 2.05) is 13.8 Å². The van der Waals surface area contributed by atoms with Gasteiger partial charge in [-0.05, 0) is 37.0 Å². The van der Waals surface area contributed by atoms with Gasteiger partial charge in [-0.15, -0.1) is 0 Å². The number of carbonyl (C=O) groups excluding carboxylic acids is 2. The number of Topliss-reactive ketones (excluding diaryl/α,β-unsaturated/α-hetero) is 1. The molecule has 5 nitrogen and oxygen atoms in total. The zero-order valence-electron chi connectivity index (χ0n) is 17.3. The number of carbonyl (C=O) groups is 2. The fourth-order valence-electron chi connectivity index (χ4n) is 4.39. The number of nitrogens with one attached hydrogen (secondary N) is 2. The molecule has 0 radical (unpaired) electrons. The molecule has 2 N–H and O–H groups in total. The first-order chi connectivity index (χ1) is 14.3.